The van der Waals surface area contributed by atoms with Gasteiger partial charge in [-0.3, -0.25) is 0 Å². The largest absolute Gasteiger partial charge is 0.457 e. The number of benzene rings is 8. The van der Waals surface area contributed by atoms with Crippen molar-refractivity contribution >= 4 is 53.2 Å². The molecule has 12 rings (SSSR count). The van der Waals surface area contributed by atoms with Crippen molar-refractivity contribution in [3.05, 3.63) is 192 Å². The molecule has 1 unspecified atom stereocenters. The van der Waals surface area contributed by atoms with Gasteiger partial charge in [-0.1, -0.05) is 133 Å². The molecule has 1 aliphatic carbocycles. The SMILES string of the molecule is c1ccc2c(c1)Oc1cc3ccccc3cc1C21c2ccccc2-c2cc(-c3nc(-c4ccc5ccccc5c4)nc4c3sc3ccccc34)ccc21. The van der Waals surface area contributed by atoms with Gasteiger partial charge in [-0.05, 0) is 80.2 Å². The Balaban J connectivity index is 1.14. The highest BCUT2D eigenvalue weighted by Crippen LogP contribution is 2.62. The Bertz CT molecular complexity index is 3180. The fraction of sp³-hybridized carbons (Fsp3) is 0.0204. The van der Waals surface area contributed by atoms with E-state index in [1.165, 1.54) is 54.1 Å². The number of ether oxygens (including phenoxy) is 1. The first kappa shape index (κ1) is 29.0. The van der Waals surface area contributed by atoms with Crippen molar-refractivity contribution in [2.45, 2.75) is 5.41 Å². The molecule has 0 saturated carbocycles. The lowest BCUT2D eigenvalue weighted by atomic mass is 9.66. The van der Waals surface area contributed by atoms with E-state index in [0.717, 1.165) is 55.3 Å². The Kier molecular flexibility index (Phi) is 5.86. The lowest BCUT2D eigenvalue weighted by Crippen LogP contribution is -2.32. The van der Waals surface area contributed by atoms with Crippen LogP contribution in [0.5, 0.6) is 11.5 Å². The van der Waals surface area contributed by atoms with Gasteiger partial charge in [0.05, 0.1) is 21.3 Å². The maximum absolute atomic E-state index is 6.74. The summed E-state index contributed by atoms with van der Waals surface area (Å²) in [5.74, 6) is 2.53. The molecule has 0 saturated heterocycles. The maximum atomic E-state index is 6.74. The Hall–Kier alpha value is -6.62. The zero-order chi connectivity index (χ0) is 34.7. The second-order valence-corrected chi connectivity index (χ2v) is 15.1. The van der Waals surface area contributed by atoms with Gasteiger partial charge in [-0.2, -0.15) is 0 Å². The molecule has 3 heterocycles. The van der Waals surface area contributed by atoms with Crippen molar-refractivity contribution in [3.8, 4) is 45.3 Å². The average Bonchev–Trinajstić information content (AvgIpc) is 3.73. The highest BCUT2D eigenvalue weighted by molar-refractivity contribution is 7.26. The molecule has 4 heteroatoms. The van der Waals surface area contributed by atoms with Crippen molar-refractivity contribution in [3.63, 3.8) is 0 Å². The molecule has 1 atom stereocenters. The molecule has 1 spiro atoms. The van der Waals surface area contributed by atoms with Crippen molar-refractivity contribution in [1.29, 1.82) is 0 Å². The number of para-hydroxylation sites is 1. The fourth-order valence-electron chi connectivity index (χ4n) is 8.98. The highest BCUT2D eigenvalue weighted by atomic mass is 32.1. The lowest BCUT2D eigenvalue weighted by Gasteiger charge is -2.39. The standard InChI is InChI=1S/C49H28N2OS/c1-2-12-30-25-34(22-21-29(30)11-1)48-50-45(47-46(51-48)36-16-6-10-20-44(36)53-47)33-23-24-39-37(26-33)35-15-5-7-17-38(35)49(39)40-18-8-9-19-42(40)52-43-28-32-14-4-3-13-31(32)27-41(43)49/h1-28H. The number of thiophene rings is 1. The molecule has 2 aliphatic rings. The molecule has 1 aliphatic heterocycles. The van der Waals surface area contributed by atoms with Crippen LogP contribution in [0, 0.1) is 0 Å². The van der Waals surface area contributed by atoms with E-state index >= 15 is 0 Å². The van der Waals surface area contributed by atoms with Crippen LogP contribution in [0.1, 0.15) is 22.3 Å². The van der Waals surface area contributed by atoms with E-state index in [-0.39, 0.29) is 0 Å². The fourth-order valence-corrected chi connectivity index (χ4v) is 10.1. The summed E-state index contributed by atoms with van der Waals surface area (Å²) in [7, 11) is 0. The second-order valence-electron chi connectivity index (χ2n) is 14.1. The van der Waals surface area contributed by atoms with Gasteiger partial charge in [0.2, 0.25) is 0 Å². The van der Waals surface area contributed by atoms with Gasteiger partial charge >= 0.3 is 0 Å². The van der Waals surface area contributed by atoms with Crippen LogP contribution in [0.15, 0.2) is 170 Å². The Morgan fingerprint density at radius 2 is 1.13 bits per heavy atom. The number of aromatic nitrogens is 2. The molecular weight excluding hydrogens is 665 g/mol. The molecule has 0 radical (unpaired) electrons. The van der Waals surface area contributed by atoms with Gasteiger partial charge < -0.3 is 4.74 Å². The molecule has 0 bridgehead atoms. The Labute approximate surface area is 309 Å². The minimum atomic E-state index is -0.548. The van der Waals surface area contributed by atoms with Gasteiger partial charge in [-0.25, -0.2) is 9.97 Å². The van der Waals surface area contributed by atoms with Gasteiger partial charge in [0.15, 0.2) is 5.82 Å². The third-order valence-corrected chi connectivity index (χ3v) is 12.5. The first-order valence-corrected chi connectivity index (χ1v) is 18.8. The quantitative estimate of drug-likeness (QED) is 0.181. The van der Waals surface area contributed by atoms with E-state index in [1.807, 2.05) is 0 Å². The van der Waals surface area contributed by atoms with Crippen LogP contribution in [0.2, 0.25) is 0 Å². The summed E-state index contributed by atoms with van der Waals surface area (Å²) in [4.78, 5) is 10.7. The van der Waals surface area contributed by atoms with Gasteiger partial charge in [0.25, 0.3) is 0 Å². The van der Waals surface area contributed by atoms with E-state index in [0.29, 0.717) is 0 Å². The van der Waals surface area contributed by atoms with Crippen molar-refractivity contribution < 1.29 is 4.74 Å². The predicted molar refractivity (Wildman–Crippen MR) is 218 cm³/mol. The third kappa shape index (κ3) is 3.99. The topological polar surface area (TPSA) is 35.0 Å². The van der Waals surface area contributed by atoms with Crippen LogP contribution in [0.25, 0.3) is 75.6 Å². The van der Waals surface area contributed by atoms with Crippen LogP contribution in [0.4, 0.5) is 0 Å². The van der Waals surface area contributed by atoms with E-state index in [9.17, 15) is 0 Å². The number of hydrogen-bond acceptors (Lipinski definition) is 4. The van der Waals surface area contributed by atoms with E-state index in [1.54, 1.807) is 11.3 Å². The zero-order valence-corrected chi connectivity index (χ0v) is 29.2. The summed E-state index contributed by atoms with van der Waals surface area (Å²) in [5.41, 5.74) is 10.8. The van der Waals surface area contributed by atoms with Gasteiger partial charge in [-0.15, -0.1) is 11.3 Å². The van der Waals surface area contributed by atoms with Gasteiger partial charge in [0, 0.05) is 32.3 Å². The zero-order valence-electron chi connectivity index (χ0n) is 28.4. The van der Waals surface area contributed by atoms with Crippen molar-refractivity contribution in [1.82, 2.24) is 9.97 Å². The molecule has 246 valence electrons. The summed E-state index contributed by atoms with van der Waals surface area (Å²) in [6.45, 7) is 0. The van der Waals surface area contributed by atoms with Crippen LogP contribution in [-0.2, 0) is 5.41 Å². The average molecular weight is 693 g/mol. The van der Waals surface area contributed by atoms with E-state index < -0.39 is 5.41 Å². The number of rotatable bonds is 2. The summed E-state index contributed by atoms with van der Waals surface area (Å²) < 4.78 is 9.05. The molecule has 2 aromatic heterocycles. The smallest absolute Gasteiger partial charge is 0.160 e. The van der Waals surface area contributed by atoms with Crippen molar-refractivity contribution in [2.75, 3.05) is 0 Å². The van der Waals surface area contributed by atoms with Crippen LogP contribution in [-0.4, -0.2) is 9.97 Å². The molecule has 53 heavy (non-hydrogen) atoms. The normalized spacial score (nSPS) is 15.4. The molecular formula is C49H28N2OS. The monoisotopic (exact) mass is 692 g/mol. The Morgan fingerprint density at radius 3 is 2.02 bits per heavy atom. The number of fused-ring (bicyclic) bond motifs is 14. The first-order valence-electron chi connectivity index (χ1n) is 18.0. The summed E-state index contributed by atoms with van der Waals surface area (Å²) in [6.07, 6.45) is 0. The molecule has 10 aromatic rings. The molecule has 8 aromatic carbocycles. The first-order chi connectivity index (χ1) is 26.2. The van der Waals surface area contributed by atoms with Crippen LogP contribution < -0.4 is 4.74 Å². The number of nitrogens with zero attached hydrogens (tertiary/aromatic N) is 2. The minimum absolute atomic E-state index is 0.548. The van der Waals surface area contributed by atoms with Crippen LogP contribution in [0.3, 0.4) is 0 Å². The highest BCUT2D eigenvalue weighted by Gasteiger charge is 2.51. The van der Waals surface area contributed by atoms with Crippen LogP contribution >= 0.6 is 11.3 Å². The summed E-state index contributed by atoms with van der Waals surface area (Å²) in [6, 6.07) is 61.2. The molecule has 0 N–H and O–H groups in total. The second kappa shape index (κ2) is 10.7. The molecule has 0 fully saturated rings. The minimum Gasteiger partial charge on any atom is -0.457 e. The van der Waals surface area contributed by atoms with Crippen molar-refractivity contribution in [2.24, 2.45) is 0 Å². The lowest BCUT2D eigenvalue weighted by molar-refractivity contribution is 0.437. The summed E-state index contributed by atoms with van der Waals surface area (Å²) >= 11 is 1.77. The Morgan fingerprint density at radius 1 is 0.453 bits per heavy atom. The summed E-state index contributed by atoms with van der Waals surface area (Å²) in [5, 5.41) is 5.90. The maximum Gasteiger partial charge on any atom is 0.160 e. The third-order valence-electron chi connectivity index (χ3n) is 11.3. The predicted octanol–water partition coefficient (Wildman–Crippen LogP) is 13.0. The molecule has 3 nitrogen and oxygen atoms in total. The molecule has 0 amide bonds. The van der Waals surface area contributed by atoms with Gasteiger partial charge in [0.1, 0.15) is 11.5 Å². The van der Waals surface area contributed by atoms with E-state index in [2.05, 4.69) is 170 Å². The van der Waals surface area contributed by atoms with E-state index in [4.69, 9.17) is 14.7 Å². The number of hydrogen-bond donors (Lipinski definition) is 0.